The van der Waals surface area contributed by atoms with Crippen molar-refractivity contribution in [3.8, 4) is 11.3 Å². The van der Waals surface area contributed by atoms with Crippen molar-refractivity contribution in [1.82, 2.24) is 15.0 Å². The molecule has 0 bridgehead atoms. The van der Waals surface area contributed by atoms with E-state index in [1.807, 2.05) is 104 Å². The second kappa shape index (κ2) is 14.8. The first-order chi connectivity index (χ1) is 27.4. The van der Waals surface area contributed by atoms with E-state index >= 15 is 0 Å². The van der Waals surface area contributed by atoms with Gasteiger partial charge in [0.05, 0.1) is 40.5 Å². The van der Waals surface area contributed by atoms with Crippen molar-refractivity contribution in [1.29, 1.82) is 0 Å². The SMILES string of the molecule is Cc1cc(NC(=O)C2CC(C(=O)Cc3cnc4c(ccc5ccccc54)c3)CC(C(=O)Nc3cnc4c(ccc5ccccc54)c3)C2)cnc1-c1ccccc1. The standard InChI is InChI=1S/C48H39N5O3/c1-29-19-39(27-50-44(29)33-11-3-2-4-12-33)52-47(55)37-22-36(43(54)21-30-20-34-17-15-31-9-5-7-13-41(31)45(34)49-26-30)23-38(24-37)48(56)53-40-25-35-18-16-32-10-6-8-14-42(32)46(35)51-28-40/h2-20,25-28,36-38H,21-24H2,1H3,(H,52,55)(H,53,56). The quantitative estimate of drug-likeness (QED) is 0.150. The lowest BCUT2D eigenvalue weighted by Gasteiger charge is -2.33. The van der Waals surface area contributed by atoms with Crippen LogP contribution >= 0.6 is 0 Å². The molecular formula is C48H39N5O3. The minimum absolute atomic E-state index is 0.00813. The zero-order valence-electron chi connectivity index (χ0n) is 30.9. The number of aryl methyl sites for hydroxylation is 1. The molecule has 274 valence electrons. The molecule has 2 amide bonds. The molecule has 1 aliphatic carbocycles. The minimum Gasteiger partial charge on any atom is -0.324 e. The third-order valence-electron chi connectivity index (χ3n) is 11.2. The number of anilines is 2. The fraction of sp³-hybridized carbons (Fsp3) is 0.167. The molecule has 1 aliphatic rings. The Morgan fingerprint density at radius 2 is 1.07 bits per heavy atom. The fourth-order valence-corrected chi connectivity index (χ4v) is 8.34. The third-order valence-corrected chi connectivity index (χ3v) is 11.2. The lowest BCUT2D eigenvalue weighted by atomic mass is 9.72. The molecule has 1 fully saturated rings. The van der Waals surface area contributed by atoms with E-state index in [-0.39, 0.29) is 24.0 Å². The van der Waals surface area contributed by atoms with E-state index in [4.69, 9.17) is 9.97 Å². The van der Waals surface area contributed by atoms with Crippen molar-refractivity contribution in [2.24, 2.45) is 17.8 Å². The number of nitrogens with zero attached hydrogens (tertiary/aromatic N) is 3. The highest BCUT2D eigenvalue weighted by Gasteiger charge is 2.39. The van der Waals surface area contributed by atoms with Gasteiger partial charge in [0.2, 0.25) is 11.8 Å². The average molecular weight is 734 g/mol. The summed E-state index contributed by atoms with van der Waals surface area (Å²) in [6, 6.07) is 40.1. The molecule has 3 aromatic heterocycles. The Hall–Kier alpha value is -6.80. The van der Waals surface area contributed by atoms with Crippen LogP contribution in [0.4, 0.5) is 11.4 Å². The molecule has 0 spiro atoms. The molecule has 3 atom stereocenters. The van der Waals surface area contributed by atoms with Crippen LogP contribution in [-0.2, 0) is 20.8 Å². The van der Waals surface area contributed by atoms with Crippen LogP contribution in [0.3, 0.4) is 0 Å². The lowest BCUT2D eigenvalue weighted by molar-refractivity contribution is -0.130. The molecule has 1 saturated carbocycles. The van der Waals surface area contributed by atoms with Crippen molar-refractivity contribution in [2.75, 3.05) is 10.6 Å². The summed E-state index contributed by atoms with van der Waals surface area (Å²) < 4.78 is 0. The number of hydrogen-bond acceptors (Lipinski definition) is 6. The molecule has 3 heterocycles. The predicted molar refractivity (Wildman–Crippen MR) is 223 cm³/mol. The van der Waals surface area contributed by atoms with Gasteiger partial charge in [0.15, 0.2) is 0 Å². The van der Waals surface area contributed by atoms with Crippen LogP contribution in [0.1, 0.15) is 30.4 Å². The van der Waals surface area contributed by atoms with Crippen molar-refractivity contribution < 1.29 is 14.4 Å². The smallest absolute Gasteiger partial charge is 0.227 e. The summed E-state index contributed by atoms with van der Waals surface area (Å²) in [5.74, 6) is -2.10. The number of aromatic nitrogens is 3. The van der Waals surface area contributed by atoms with Crippen LogP contribution in [0.25, 0.3) is 54.6 Å². The number of amides is 2. The topological polar surface area (TPSA) is 114 Å². The summed E-state index contributed by atoms with van der Waals surface area (Å²) in [6.45, 7) is 1.97. The Labute approximate surface area is 324 Å². The normalized spacial score (nSPS) is 16.9. The Kier molecular flexibility index (Phi) is 9.23. The molecule has 0 saturated heterocycles. The summed E-state index contributed by atoms with van der Waals surface area (Å²) in [7, 11) is 0. The van der Waals surface area contributed by atoms with Crippen LogP contribution in [-0.4, -0.2) is 32.5 Å². The molecule has 0 aliphatic heterocycles. The van der Waals surface area contributed by atoms with E-state index in [0.717, 1.165) is 65.7 Å². The Bertz CT molecular complexity index is 2680. The zero-order chi connectivity index (χ0) is 38.2. The Morgan fingerprint density at radius 1 is 0.554 bits per heavy atom. The molecule has 5 aromatic carbocycles. The second-order valence-corrected chi connectivity index (χ2v) is 15.0. The van der Waals surface area contributed by atoms with Crippen LogP contribution in [0, 0.1) is 24.7 Å². The van der Waals surface area contributed by atoms with Gasteiger partial charge in [0, 0.05) is 57.5 Å². The number of benzene rings is 5. The van der Waals surface area contributed by atoms with Gasteiger partial charge < -0.3 is 10.6 Å². The Morgan fingerprint density at radius 3 is 1.71 bits per heavy atom. The minimum atomic E-state index is -0.567. The summed E-state index contributed by atoms with van der Waals surface area (Å²) in [6.07, 6.45) is 6.27. The van der Waals surface area contributed by atoms with Crippen molar-refractivity contribution in [3.63, 3.8) is 0 Å². The van der Waals surface area contributed by atoms with Gasteiger partial charge >= 0.3 is 0 Å². The first-order valence-electron chi connectivity index (χ1n) is 19.1. The highest BCUT2D eigenvalue weighted by Crippen LogP contribution is 2.37. The van der Waals surface area contributed by atoms with Gasteiger partial charge in [-0.2, -0.15) is 0 Å². The largest absolute Gasteiger partial charge is 0.324 e. The van der Waals surface area contributed by atoms with Gasteiger partial charge in [-0.3, -0.25) is 29.3 Å². The summed E-state index contributed by atoms with van der Waals surface area (Å²) in [5, 5.41) is 12.3. The van der Waals surface area contributed by atoms with E-state index < -0.39 is 17.8 Å². The Balaban J connectivity index is 0.964. The first kappa shape index (κ1) is 34.9. The lowest BCUT2D eigenvalue weighted by Crippen LogP contribution is -2.39. The number of ketones is 1. The highest BCUT2D eigenvalue weighted by atomic mass is 16.2. The summed E-state index contributed by atoms with van der Waals surface area (Å²) in [5.41, 5.74) is 6.47. The molecule has 8 aromatic rings. The number of carbonyl (C=O) groups is 3. The molecule has 0 radical (unpaired) electrons. The zero-order valence-corrected chi connectivity index (χ0v) is 30.9. The molecular weight excluding hydrogens is 695 g/mol. The number of Topliss-reactive ketones (excluding diaryl/α,β-unsaturated/α-hetero) is 1. The maximum absolute atomic E-state index is 14.1. The number of carbonyl (C=O) groups excluding carboxylic acids is 3. The van der Waals surface area contributed by atoms with Gasteiger partial charge in [0.25, 0.3) is 0 Å². The number of hydrogen-bond donors (Lipinski definition) is 2. The van der Waals surface area contributed by atoms with Crippen LogP contribution < -0.4 is 10.6 Å². The maximum Gasteiger partial charge on any atom is 0.227 e. The van der Waals surface area contributed by atoms with Gasteiger partial charge in [0.1, 0.15) is 5.78 Å². The number of fused-ring (bicyclic) bond motifs is 6. The third kappa shape index (κ3) is 6.97. The van der Waals surface area contributed by atoms with Gasteiger partial charge in [-0.1, -0.05) is 103 Å². The molecule has 8 heteroatoms. The summed E-state index contributed by atoms with van der Waals surface area (Å²) in [4.78, 5) is 56.3. The fourth-order valence-electron chi connectivity index (χ4n) is 8.34. The monoisotopic (exact) mass is 733 g/mol. The van der Waals surface area contributed by atoms with Crippen molar-refractivity contribution >= 4 is 72.3 Å². The van der Waals surface area contributed by atoms with Crippen molar-refractivity contribution in [3.05, 3.63) is 151 Å². The van der Waals surface area contributed by atoms with Crippen LogP contribution in [0.15, 0.2) is 140 Å². The maximum atomic E-state index is 14.1. The van der Waals surface area contributed by atoms with E-state index in [1.54, 1.807) is 18.6 Å². The molecule has 2 N–H and O–H groups in total. The second-order valence-electron chi connectivity index (χ2n) is 15.0. The van der Waals surface area contributed by atoms with Crippen molar-refractivity contribution in [2.45, 2.75) is 32.6 Å². The first-order valence-corrected chi connectivity index (χ1v) is 19.1. The highest BCUT2D eigenvalue weighted by molar-refractivity contribution is 6.07. The predicted octanol–water partition coefficient (Wildman–Crippen LogP) is 9.88. The van der Waals surface area contributed by atoms with Gasteiger partial charge in [-0.25, -0.2) is 0 Å². The van der Waals surface area contributed by atoms with E-state index in [0.29, 0.717) is 30.6 Å². The van der Waals surface area contributed by atoms with Gasteiger partial charge in [-0.15, -0.1) is 0 Å². The van der Waals surface area contributed by atoms with E-state index in [1.165, 1.54) is 0 Å². The number of nitrogens with one attached hydrogen (secondary N) is 2. The molecule has 3 unspecified atom stereocenters. The summed E-state index contributed by atoms with van der Waals surface area (Å²) >= 11 is 0. The molecule has 9 rings (SSSR count). The number of rotatable bonds is 8. The van der Waals surface area contributed by atoms with E-state index in [2.05, 4.69) is 39.9 Å². The molecule has 56 heavy (non-hydrogen) atoms. The van der Waals surface area contributed by atoms with Crippen LogP contribution in [0.2, 0.25) is 0 Å². The average Bonchev–Trinajstić information content (AvgIpc) is 3.23. The molecule has 8 nitrogen and oxygen atoms in total. The van der Waals surface area contributed by atoms with Gasteiger partial charge in [-0.05, 0) is 66.3 Å². The van der Waals surface area contributed by atoms with Crippen LogP contribution in [0.5, 0.6) is 0 Å². The number of pyridine rings is 3. The van der Waals surface area contributed by atoms with E-state index in [9.17, 15) is 14.4 Å².